The van der Waals surface area contributed by atoms with Gasteiger partial charge in [-0.3, -0.25) is 20.2 Å². The number of nitrogens with zero attached hydrogens (tertiary/aromatic N) is 2. The van der Waals surface area contributed by atoms with Crippen LogP contribution in [0.15, 0.2) is 42.5 Å². The average molecular weight is 408 g/mol. The summed E-state index contributed by atoms with van der Waals surface area (Å²) in [5, 5.41) is 14.6. The highest BCUT2D eigenvalue weighted by molar-refractivity contribution is 7.16. The summed E-state index contributed by atoms with van der Waals surface area (Å²) in [6, 6.07) is 11.1. The Balaban J connectivity index is 1.86. The predicted molar refractivity (Wildman–Crippen MR) is 103 cm³/mol. The van der Waals surface area contributed by atoms with Gasteiger partial charge in [-0.15, -0.1) is 11.3 Å². The van der Waals surface area contributed by atoms with Gasteiger partial charge in [0, 0.05) is 27.1 Å². The molecule has 0 fully saturated rings. The zero-order valence-corrected chi connectivity index (χ0v) is 15.7. The molecule has 0 aliphatic rings. The molecular formula is C17H11Cl2N3O3S. The van der Waals surface area contributed by atoms with Crippen molar-refractivity contribution in [3.8, 4) is 11.3 Å². The minimum Gasteiger partial charge on any atom is -0.298 e. The molecule has 3 rings (SSSR count). The number of thiazole rings is 1. The summed E-state index contributed by atoms with van der Waals surface area (Å²) in [5.74, 6) is -0.504. The maximum absolute atomic E-state index is 12.4. The van der Waals surface area contributed by atoms with Gasteiger partial charge in [-0.1, -0.05) is 35.3 Å². The molecule has 9 heteroatoms. The fourth-order valence-electron chi connectivity index (χ4n) is 2.32. The number of anilines is 1. The Hall–Kier alpha value is -2.48. The largest absolute Gasteiger partial charge is 0.298 e. The normalized spacial score (nSPS) is 10.6. The summed E-state index contributed by atoms with van der Waals surface area (Å²) < 4.78 is 0. The molecule has 1 amide bonds. The number of benzene rings is 2. The van der Waals surface area contributed by atoms with E-state index in [1.54, 1.807) is 12.1 Å². The molecule has 26 heavy (non-hydrogen) atoms. The minimum absolute atomic E-state index is 0.0279. The van der Waals surface area contributed by atoms with Crippen LogP contribution in [0.25, 0.3) is 11.3 Å². The number of aryl methyl sites for hydroxylation is 1. The molecule has 1 N–H and O–H groups in total. The quantitative estimate of drug-likeness (QED) is 0.451. The average Bonchev–Trinajstić information content (AvgIpc) is 2.95. The first-order valence-electron chi connectivity index (χ1n) is 7.34. The molecule has 1 aromatic heterocycles. The Morgan fingerprint density at radius 3 is 2.69 bits per heavy atom. The molecule has 2 aromatic carbocycles. The second-order valence-corrected chi connectivity index (χ2v) is 7.36. The lowest BCUT2D eigenvalue weighted by Crippen LogP contribution is -2.12. The van der Waals surface area contributed by atoms with Crippen LogP contribution >= 0.6 is 34.5 Å². The van der Waals surface area contributed by atoms with E-state index in [0.29, 0.717) is 10.2 Å². The minimum atomic E-state index is -0.635. The zero-order valence-electron chi connectivity index (χ0n) is 13.3. The van der Waals surface area contributed by atoms with Crippen LogP contribution in [-0.4, -0.2) is 15.8 Å². The molecule has 132 valence electrons. The molecule has 0 unspecified atom stereocenters. The first-order valence-corrected chi connectivity index (χ1v) is 8.91. The van der Waals surface area contributed by atoms with Crippen molar-refractivity contribution in [2.45, 2.75) is 6.92 Å². The lowest BCUT2D eigenvalue weighted by atomic mass is 10.1. The van der Waals surface area contributed by atoms with Crippen LogP contribution in [0.2, 0.25) is 10.0 Å². The van der Waals surface area contributed by atoms with Crippen LogP contribution in [0.1, 0.15) is 15.2 Å². The fourth-order valence-corrected chi connectivity index (χ4v) is 3.52. The van der Waals surface area contributed by atoms with Gasteiger partial charge in [0.25, 0.3) is 11.6 Å². The van der Waals surface area contributed by atoms with Crippen molar-refractivity contribution in [1.29, 1.82) is 0 Å². The van der Waals surface area contributed by atoms with Crippen LogP contribution < -0.4 is 5.32 Å². The summed E-state index contributed by atoms with van der Waals surface area (Å²) >= 11 is 13.1. The zero-order chi connectivity index (χ0) is 18.8. The van der Waals surface area contributed by atoms with E-state index in [-0.39, 0.29) is 16.3 Å². The SMILES string of the molecule is Cc1sc(NC(=O)c2ccc(Cl)c([N+](=O)[O-])c2)nc1-c1cccc(Cl)c1. The van der Waals surface area contributed by atoms with Gasteiger partial charge in [-0.2, -0.15) is 0 Å². The van der Waals surface area contributed by atoms with Crippen LogP contribution in [0.3, 0.4) is 0 Å². The number of nitro benzene ring substituents is 1. The number of aromatic nitrogens is 1. The topological polar surface area (TPSA) is 85.1 Å². The molecule has 0 aliphatic carbocycles. The summed E-state index contributed by atoms with van der Waals surface area (Å²) in [6.07, 6.45) is 0. The Bertz CT molecular complexity index is 1020. The molecule has 1 heterocycles. The number of nitrogens with one attached hydrogen (secondary N) is 1. The van der Waals surface area contributed by atoms with E-state index >= 15 is 0 Å². The molecule has 0 aliphatic heterocycles. The van der Waals surface area contributed by atoms with Gasteiger partial charge in [0.05, 0.1) is 10.6 Å². The van der Waals surface area contributed by atoms with Crippen molar-refractivity contribution in [2.24, 2.45) is 0 Å². The highest BCUT2D eigenvalue weighted by Gasteiger charge is 2.18. The van der Waals surface area contributed by atoms with Crippen molar-refractivity contribution in [1.82, 2.24) is 4.98 Å². The lowest BCUT2D eigenvalue weighted by Gasteiger charge is -2.03. The summed E-state index contributed by atoms with van der Waals surface area (Å²) in [7, 11) is 0. The molecule has 6 nitrogen and oxygen atoms in total. The van der Waals surface area contributed by atoms with Gasteiger partial charge in [-0.05, 0) is 31.2 Å². The molecule has 0 spiro atoms. The van der Waals surface area contributed by atoms with Gasteiger partial charge in [0.2, 0.25) is 0 Å². The number of carbonyl (C=O) groups is 1. The Kier molecular flexibility index (Phi) is 5.22. The van der Waals surface area contributed by atoms with E-state index in [4.69, 9.17) is 23.2 Å². The number of nitro groups is 1. The van der Waals surface area contributed by atoms with Crippen molar-refractivity contribution in [2.75, 3.05) is 5.32 Å². The number of halogens is 2. The van der Waals surface area contributed by atoms with Gasteiger partial charge in [0.15, 0.2) is 5.13 Å². The third kappa shape index (κ3) is 3.85. The number of carbonyl (C=O) groups excluding carboxylic acids is 1. The molecule has 3 aromatic rings. The van der Waals surface area contributed by atoms with Gasteiger partial charge < -0.3 is 0 Å². The maximum Gasteiger partial charge on any atom is 0.288 e. The Morgan fingerprint density at radius 1 is 1.23 bits per heavy atom. The highest BCUT2D eigenvalue weighted by atomic mass is 35.5. The molecule has 0 atom stereocenters. The Labute approximate surface area is 162 Å². The molecular weight excluding hydrogens is 397 g/mol. The van der Waals surface area contributed by atoms with Crippen LogP contribution in [-0.2, 0) is 0 Å². The second kappa shape index (κ2) is 7.41. The van der Waals surface area contributed by atoms with Gasteiger partial charge in [-0.25, -0.2) is 4.98 Å². The highest BCUT2D eigenvalue weighted by Crippen LogP contribution is 2.32. The summed E-state index contributed by atoms with van der Waals surface area (Å²) in [4.78, 5) is 28.0. The summed E-state index contributed by atoms with van der Waals surface area (Å²) in [6.45, 7) is 1.89. The van der Waals surface area contributed by atoms with Crippen LogP contribution in [0.4, 0.5) is 10.8 Å². The van der Waals surface area contributed by atoms with Crippen LogP contribution in [0.5, 0.6) is 0 Å². The number of hydrogen-bond donors (Lipinski definition) is 1. The van der Waals surface area contributed by atoms with Crippen molar-refractivity contribution >= 4 is 51.3 Å². The van der Waals surface area contributed by atoms with Crippen molar-refractivity contribution < 1.29 is 9.72 Å². The standard InChI is InChI=1S/C17H11Cl2N3O3S/c1-9-15(10-3-2-4-12(18)7-10)20-17(26-9)21-16(23)11-5-6-13(19)14(8-11)22(24)25/h2-8H,1H3,(H,20,21,23). The monoisotopic (exact) mass is 407 g/mol. The van der Waals surface area contributed by atoms with Gasteiger partial charge in [0.1, 0.15) is 5.02 Å². The predicted octanol–water partition coefficient (Wildman–Crippen LogP) is 5.59. The first kappa shape index (κ1) is 18.3. The van der Waals surface area contributed by atoms with Crippen LogP contribution in [0, 0.1) is 17.0 Å². The number of amides is 1. The fraction of sp³-hybridized carbons (Fsp3) is 0.0588. The second-order valence-electron chi connectivity index (χ2n) is 5.31. The molecule has 0 saturated carbocycles. The first-order chi connectivity index (χ1) is 12.3. The van der Waals surface area contributed by atoms with E-state index in [2.05, 4.69) is 10.3 Å². The Morgan fingerprint density at radius 2 is 2.00 bits per heavy atom. The smallest absolute Gasteiger partial charge is 0.288 e. The molecule has 0 radical (unpaired) electrons. The van der Waals surface area contributed by atoms with Crippen molar-refractivity contribution in [3.05, 3.63) is 73.1 Å². The maximum atomic E-state index is 12.4. The van der Waals surface area contributed by atoms with E-state index in [1.165, 1.54) is 23.5 Å². The van der Waals surface area contributed by atoms with E-state index in [0.717, 1.165) is 22.2 Å². The van der Waals surface area contributed by atoms with E-state index < -0.39 is 10.8 Å². The number of hydrogen-bond acceptors (Lipinski definition) is 5. The lowest BCUT2D eigenvalue weighted by molar-refractivity contribution is -0.384. The van der Waals surface area contributed by atoms with Gasteiger partial charge >= 0.3 is 0 Å². The molecule has 0 saturated heterocycles. The molecule has 0 bridgehead atoms. The third-order valence-corrected chi connectivity index (χ3v) is 4.96. The summed E-state index contributed by atoms with van der Waals surface area (Å²) in [5.41, 5.74) is 1.36. The van der Waals surface area contributed by atoms with E-state index in [1.807, 2.05) is 19.1 Å². The van der Waals surface area contributed by atoms with Crippen molar-refractivity contribution in [3.63, 3.8) is 0 Å². The third-order valence-electron chi connectivity index (χ3n) is 3.52. The van der Waals surface area contributed by atoms with E-state index in [9.17, 15) is 14.9 Å². The number of rotatable bonds is 4.